The van der Waals surface area contributed by atoms with Crippen LogP contribution in [0.5, 0.6) is 0 Å². The van der Waals surface area contributed by atoms with E-state index in [1.54, 1.807) is 13.0 Å². The average molecular weight is 278 g/mol. The molecule has 0 radical (unpaired) electrons. The summed E-state index contributed by atoms with van der Waals surface area (Å²) in [7, 11) is 0. The van der Waals surface area contributed by atoms with Crippen molar-refractivity contribution in [3.05, 3.63) is 17.6 Å². The molecule has 0 aliphatic carbocycles. The normalized spacial score (nSPS) is 10.7. The molecule has 0 bridgehead atoms. The van der Waals surface area contributed by atoms with Crippen molar-refractivity contribution >= 4 is 11.7 Å². The number of unbranched alkanes of at least 4 members (excludes halogenated alkanes) is 1. The van der Waals surface area contributed by atoms with Crippen LogP contribution in [0.3, 0.4) is 0 Å². The molecule has 1 rings (SSSR count). The highest BCUT2D eigenvalue weighted by atomic mass is 16.1. The largest absolute Gasteiger partial charge is 0.370 e. The Balaban J connectivity index is 2.63. The molecule has 112 valence electrons. The van der Waals surface area contributed by atoms with Gasteiger partial charge < -0.3 is 10.6 Å². The van der Waals surface area contributed by atoms with Crippen molar-refractivity contribution in [2.24, 2.45) is 5.92 Å². The Kier molecular flexibility index (Phi) is 6.98. The van der Waals surface area contributed by atoms with Gasteiger partial charge in [0.25, 0.3) is 5.91 Å². The van der Waals surface area contributed by atoms with Gasteiger partial charge in [-0.25, -0.2) is 9.97 Å². The fourth-order valence-electron chi connectivity index (χ4n) is 1.73. The summed E-state index contributed by atoms with van der Waals surface area (Å²) in [6, 6.07) is 1.72. The van der Waals surface area contributed by atoms with Gasteiger partial charge in [-0.15, -0.1) is 0 Å². The maximum atomic E-state index is 12.0. The minimum atomic E-state index is -0.129. The number of nitrogens with one attached hydrogen (secondary N) is 2. The number of hydrogen-bond donors (Lipinski definition) is 2. The molecule has 1 amide bonds. The Hall–Kier alpha value is -1.65. The van der Waals surface area contributed by atoms with Gasteiger partial charge in [0.05, 0.1) is 0 Å². The van der Waals surface area contributed by atoms with Crippen LogP contribution in [0.2, 0.25) is 0 Å². The molecular formula is C15H26N4O. The van der Waals surface area contributed by atoms with Crippen LogP contribution in [-0.4, -0.2) is 29.0 Å². The molecule has 0 saturated carbocycles. The first-order chi connectivity index (χ1) is 9.52. The molecule has 5 nitrogen and oxygen atoms in total. The zero-order valence-electron chi connectivity index (χ0n) is 13.0. The quantitative estimate of drug-likeness (QED) is 0.718. The lowest BCUT2D eigenvalue weighted by atomic mass is 10.1. The van der Waals surface area contributed by atoms with Crippen LogP contribution < -0.4 is 10.6 Å². The summed E-state index contributed by atoms with van der Waals surface area (Å²) in [4.78, 5) is 20.5. The Labute approximate surface area is 121 Å². The van der Waals surface area contributed by atoms with E-state index in [0.717, 1.165) is 31.6 Å². The Morgan fingerprint density at radius 1 is 1.30 bits per heavy atom. The fourth-order valence-corrected chi connectivity index (χ4v) is 1.73. The number of carbonyl (C=O) groups excluding carboxylic acids is 1. The van der Waals surface area contributed by atoms with Crippen molar-refractivity contribution in [2.75, 3.05) is 18.4 Å². The topological polar surface area (TPSA) is 66.9 Å². The third kappa shape index (κ3) is 5.99. The van der Waals surface area contributed by atoms with Gasteiger partial charge in [0.15, 0.2) is 0 Å². The molecule has 5 heteroatoms. The average Bonchev–Trinajstić information content (AvgIpc) is 2.37. The molecule has 0 atom stereocenters. The monoisotopic (exact) mass is 278 g/mol. The van der Waals surface area contributed by atoms with Crippen LogP contribution >= 0.6 is 0 Å². The predicted molar refractivity (Wildman–Crippen MR) is 82.0 cm³/mol. The molecule has 2 N–H and O–H groups in total. The SMILES string of the molecule is CCCCNC(=O)c1cc(NCCC(C)C)nc(C)n1. The van der Waals surface area contributed by atoms with Crippen LogP contribution in [0.15, 0.2) is 6.07 Å². The molecular weight excluding hydrogens is 252 g/mol. The minimum absolute atomic E-state index is 0.129. The smallest absolute Gasteiger partial charge is 0.270 e. The van der Waals surface area contributed by atoms with Gasteiger partial charge in [-0.05, 0) is 25.7 Å². The van der Waals surface area contributed by atoms with E-state index in [1.165, 1.54) is 0 Å². The van der Waals surface area contributed by atoms with Crippen LogP contribution in [-0.2, 0) is 0 Å². The number of aryl methyl sites for hydroxylation is 1. The number of aromatic nitrogens is 2. The summed E-state index contributed by atoms with van der Waals surface area (Å²) in [5.41, 5.74) is 0.431. The summed E-state index contributed by atoms with van der Waals surface area (Å²) in [5, 5.41) is 6.12. The number of carbonyl (C=O) groups is 1. The van der Waals surface area contributed by atoms with E-state index in [4.69, 9.17) is 0 Å². The van der Waals surface area contributed by atoms with Gasteiger partial charge in [-0.2, -0.15) is 0 Å². The van der Waals surface area contributed by atoms with Crippen molar-refractivity contribution in [3.63, 3.8) is 0 Å². The summed E-state index contributed by atoms with van der Waals surface area (Å²) in [5.74, 6) is 1.84. The Morgan fingerprint density at radius 3 is 2.70 bits per heavy atom. The highest BCUT2D eigenvalue weighted by Gasteiger charge is 2.09. The molecule has 1 aromatic heterocycles. The number of amides is 1. The van der Waals surface area contributed by atoms with Gasteiger partial charge >= 0.3 is 0 Å². The highest BCUT2D eigenvalue weighted by Crippen LogP contribution is 2.08. The maximum Gasteiger partial charge on any atom is 0.270 e. The second-order valence-corrected chi connectivity index (χ2v) is 5.40. The first-order valence-corrected chi connectivity index (χ1v) is 7.40. The highest BCUT2D eigenvalue weighted by molar-refractivity contribution is 5.92. The van der Waals surface area contributed by atoms with Gasteiger partial charge in [0.1, 0.15) is 17.3 Å². The van der Waals surface area contributed by atoms with Crippen LogP contribution in [0.4, 0.5) is 5.82 Å². The van der Waals surface area contributed by atoms with Gasteiger partial charge in [-0.3, -0.25) is 4.79 Å². The van der Waals surface area contributed by atoms with E-state index >= 15 is 0 Å². The first-order valence-electron chi connectivity index (χ1n) is 7.40. The lowest BCUT2D eigenvalue weighted by Gasteiger charge is -2.10. The van der Waals surface area contributed by atoms with E-state index in [0.29, 0.717) is 24.0 Å². The standard InChI is InChI=1S/C15H26N4O/c1-5-6-8-17-15(20)13-10-14(19-12(4)18-13)16-9-7-11(2)3/h10-11H,5-9H2,1-4H3,(H,17,20)(H,16,18,19). The summed E-state index contributed by atoms with van der Waals surface area (Å²) in [6.45, 7) is 9.80. The van der Waals surface area contributed by atoms with Crippen molar-refractivity contribution < 1.29 is 4.79 Å². The molecule has 0 fully saturated rings. The van der Waals surface area contributed by atoms with E-state index < -0.39 is 0 Å². The van der Waals surface area contributed by atoms with Crippen LogP contribution in [0.1, 0.15) is 56.3 Å². The first kappa shape index (κ1) is 16.4. The Morgan fingerprint density at radius 2 is 2.05 bits per heavy atom. The molecule has 1 aromatic rings. The van der Waals surface area contributed by atoms with E-state index in [1.807, 2.05) is 0 Å². The molecule has 0 saturated heterocycles. The zero-order chi connectivity index (χ0) is 15.0. The van der Waals surface area contributed by atoms with Gasteiger partial charge in [0.2, 0.25) is 0 Å². The maximum absolute atomic E-state index is 12.0. The second-order valence-electron chi connectivity index (χ2n) is 5.40. The lowest BCUT2D eigenvalue weighted by Crippen LogP contribution is -2.26. The molecule has 0 aliphatic rings. The van der Waals surface area contributed by atoms with Gasteiger partial charge in [0, 0.05) is 19.2 Å². The number of rotatable bonds is 8. The summed E-state index contributed by atoms with van der Waals surface area (Å²) in [6.07, 6.45) is 3.11. The van der Waals surface area contributed by atoms with Crippen molar-refractivity contribution in [3.8, 4) is 0 Å². The van der Waals surface area contributed by atoms with Crippen LogP contribution in [0, 0.1) is 12.8 Å². The fraction of sp³-hybridized carbons (Fsp3) is 0.667. The molecule has 0 spiro atoms. The summed E-state index contributed by atoms with van der Waals surface area (Å²) < 4.78 is 0. The molecule has 0 unspecified atom stereocenters. The van der Waals surface area contributed by atoms with Gasteiger partial charge in [-0.1, -0.05) is 27.2 Å². The number of nitrogens with zero attached hydrogens (tertiary/aromatic N) is 2. The third-order valence-electron chi connectivity index (χ3n) is 2.91. The van der Waals surface area contributed by atoms with Crippen molar-refractivity contribution in [2.45, 2.75) is 47.0 Å². The molecule has 0 aromatic carbocycles. The third-order valence-corrected chi connectivity index (χ3v) is 2.91. The lowest BCUT2D eigenvalue weighted by molar-refractivity contribution is 0.0948. The molecule has 0 aliphatic heterocycles. The predicted octanol–water partition coefficient (Wildman–Crippen LogP) is 2.77. The van der Waals surface area contributed by atoms with E-state index in [9.17, 15) is 4.79 Å². The van der Waals surface area contributed by atoms with Crippen molar-refractivity contribution in [1.29, 1.82) is 0 Å². The second kappa shape index (κ2) is 8.51. The van der Waals surface area contributed by atoms with E-state index in [-0.39, 0.29) is 5.91 Å². The summed E-state index contributed by atoms with van der Waals surface area (Å²) >= 11 is 0. The minimum Gasteiger partial charge on any atom is -0.370 e. The van der Waals surface area contributed by atoms with Crippen LogP contribution in [0.25, 0.3) is 0 Å². The zero-order valence-corrected chi connectivity index (χ0v) is 13.0. The van der Waals surface area contributed by atoms with E-state index in [2.05, 4.69) is 41.4 Å². The Bertz CT molecular complexity index is 432. The molecule has 20 heavy (non-hydrogen) atoms. The molecule has 1 heterocycles. The van der Waals surface area contributed by atoms with Crippen molar-refractivity contribution in [1.82, 2.24) is 15.3 Å². The number of anilines is 1. The number of hydrogen-bond acceptors (Lipinski definition) is 4.